The van der Waals surface area contributed by atoms with Crippen molar-refractivity contribution in [3.63, 3.8) is 0 Å². The van der Waals surface area contributed by atoms with Gasteiger partial charge in [-0.2, -0.15) is 30.0 Å². The minimum Gasteiger partial charge on any atom is -0.424 e. The van der Waals surface area contributed by atoms with Gasteiger partial charge in [0.25, 0.3) is 16.0 Å². The van der Waals surface area contributed by atoms with Crippen molar-refractivity contribution in [3.8, 4) is 56.3 Å². The Morgan fingerprint density at radius 1 is 0.478 bits per heavy atom. The zero-order chi connectivity index (χ0) is 99.3. The van der Waals surface area contributed by atoms with E-state index in [0.717, 1.165) is 134 Å². The van der Waals surface area contributed by atoms with Crippen molar-refractivity contribution in [3.05, 3.63) is 266 Å². The first-order chi connectivity index (χ1) is 65.7. The third kappa shape index (κ3) is 28.1. The molecule has 9 heterocycles. The van der Waals surface area contributed by atoms with E-state index in [2.05, 4.69) is 238 Å². The fraction of sp³-hybridized carbons (Fsp3) is 0.330. The number of sulfone groups is 1. The maximum Gasteiger partial charge on any atom is 0.295 e. The molecule has 1 aliphatic heterocycles. The third-order valence-electron chi connectivity index (χ3n) is 24.2. The lowest BCUT2D eigenvalue weighted by Gasteiger charge is -2.35. The van der Waals surface area contributed by atoms with E-state index in [9.17, 15) is 16.8 Å². The standard InChI is InChI=1S/C22H26N4.C21H22N6O.C20H25ClN6O2S.C20H27N7O2S.C20H27N3O/c1-15-8-7-11-19(17(15)3)20-14-21(26-22(23)25-20)24-16(2)12-13-18-9-5-4-6-10-18;1-13-6-5-7-15(14(13)2)17-12-19(27-20(22)25-17)23-10-11-24-21-26-16-8-3-4-9-18(16)28-21;1-12-7-5-8-15(13(12)2)16-11-17(25-20(22)24-16)23-9-6-10-30(28,29)18-14(3)26-27(4)19(18)21;1-13-7-5-8-16(14(13)2)17-11-18(26-20(21)25-17)22-9-6-10-23-30(28,29)19-12-27(4)15(3)24-19;1-13-6-5-7-17(14(13)2)18-11-16(22-19(21)23-18)10-15-8-9-24-20(3,4)12-15/h4-11,14,16H,12-13H2,1-3H3,(H3,23,24,25,26);3-9,12H,10-11H2,1-2H3,(H,24,26)(H3,22,23,25,27);5,7-8,11H,6,9-10H2,1-4H3,(H3,22,23,24,25);5,7-8,11-12,23H,6,9-10H2,1-4H3,(H3,21,22,25,26);5-7,11,15H,8-10,12H2,1-4H3,(H2,21,22,23). The second-order valence-electron chi connectivity index (χ2n) is 35.3. The zero-order valence-corrected chi connectivity index (χ0v) is 84.0. The van der Waals surface area contributed by atoms with E-state index in [0.29, 0.717) is 91.8 Å². The number of hydrogen-bond acceptors (Lipinski definition) is 29. The number of imidazole rings is 1. The van der Waals surface area contributed by atoms with Gasteiger partial charge in [0.05, 0.1) is 45.5 Å². The minimum absolute atomic E-state index is 0.0252. The van der Waals surface area contributed by atoms with Crippen molar-refractivity contribution in [2.75, 3.05) is 100 Å². The summed E-state index contributed by atoms with van der Waals surface area (Å²) in [5.41, 5.74) is 55.3. The number of nitrogens with two attached hydrogens (primary N) is 5. The topological polar surface area (TPSA) is 470 Å². The van der Waals surface area contributed by atoms with E-state index in [1.54, 1.807) is 32.5 Å². The number of nitrogens with one attached hydrogen (secondary N) is 6. The molecule has 2 unspecified atom stereocenters. The first kappa shape index (κ1) is 103. The Balaban J connectivity index is 0.000000155. The minimum atomic E-state index is -3.62. The molecule has 0 saturated carbocycles. The van der Waals surface area contributed by atoms with Crippen molar-refractivity contribution in [2.45, 2.75) is 170 Å². The van der Waals surface area contributed by atoms with Gasteiger partial charge in [-0.1, -0.05) is 145 Å². The first-order valence-corrected chi connectivity index (χ1v) is 49.5. The predicted molar refractivity (Wildman–Crippen MR) is 556 cm³/mol. The Bertz CT molecular complexity index is 6940. The highest BCUT2D eigenvalue weighted by molar-refractivity contribution is 7.91. The third-order valence-corrected chi connectivity index (χ3v) is 28.0. The molecule has 1 saturated heterocycles. The molecule has 0 spiro atoms. The molecular weight excluding hydrogens is 1800 g/mol. The average molecular weight is 1920 g/mol. The Morgan fingerprint density at radius 3 is 1.36 bits per heavy atom. The highest BCUT2D eigenvalue weighted by Gasteiger charge is 2.30. The molecule has 15 aromatic rings. The number of sulfonamides is 1. The molecular formula is C103H127ClN26O6S2. The summed E-state index contributed by atoms with van der Waals surface area (Å²) in [7, 11) is -3.79. The van der Waals surface area contributed by atoms with Crippen LogP contribution in [-0.2, 0) is 51.5 Å². The number of fused-ring (bicyclic) bond motifs is 1. The molecule has 724 valence electrons. The Morgan fingerprint density at radius 2 is 0.906 bits per heavy atom. The number of halogens is 1. The molecule has 7 aromatic carbocycles. The molecule has 16 N–H and O–H groups in total. The van der Waals surface area contributed by atoms with Crippen LogP contribution in [-0.4, -0.2) is 148 Å². The SMILES string of the molecule is Cc1cccc(-c2cc(CC3CCOC(C)(C)C3)nc(N)n2)c1C.Cc1cccc(-c2cc(NC(C)CCc3ccccc3)nc(N)n2)c1C.Cc1cccc(-c2cc(NCCCNS(=O)(=O)c3cn(C)c(C)n3)nc(N)n2)c1C.Cc1cccc(-c2cc(NCCCS(=O)(=O)c3c(C)nn(C)c3Cl)nc(N)n2)c1C.Cc1cccc(-c2cc(NCCNc3nc4ccccc4o3)nc(N)n2)c1C. The average Bonchev–Trinajstić information content (AvgIpc) is 1.62. The highest BCUT2D eigenvalue weighted by Crippen LogP contribution is 2.36. The van der Waals surface area contributed by atoms with E-state index >= 15 is 0 Å². The number of aryl methyl sites for hydroxylation is 10. The van der Waals surface area contributed by atoms with Gasteiger partial charge in [0.15, 0.2) is 20.4 Å². The zero-order valence-electron chi connectivity index (χ0n) is 81.6. The van der Waals surface area contributed by atoms with Gasteiger partial charge in [-0.05, 0) is 234 Å². The number of ether oxygens (including phenoxy) is 1. The second-order valence-corrected chi connectivity index (χ2v) is 39.4. The van der Waals surface area contributed by atoms with Gasteiger partial charge >= 0.3 is 0 Å². The smallest absolute Gasteiger partial charge is 0.295 e. The van der Waals surface area contributed by atoms with Gasteiger partial charge < -0.3 is 69.0 Å². The van der Waals surface area contributed by atoms with Gasteiger partial charge in [-0.3, -0.25) is 4.68 Å². The molecule has 35 heteroatoms. The molecule has 32 nitrogen and oxygen atoms in total. The quantitative estimate of drug-likeness (QED) is 0.0186. The molecule has 0 amide bonds. The number of aromatic nitrogens is 15. The number of benzene rings is 7. The number of para-hydroxylation sites is 2. The van der Waals surface area contributed by atoms with Crippen LogP contribution in [0, 0.1) is 89.0 Å². The van der Waals surface area contributed by atoms with Gasteiger partial charge in [-0.25, -0.2) is 56.4 Å². The van der Waals surface area contributed by atoms with Crippen LogP contribution in [0.25, 0.3) is 67.4 Å². The summed E-state index contributed by atoms with van der Waals surface area (Å²) in [6, 6.07) is 59.3. The number of hydrogen-bond donors (Lipinski definition) is 11. The van der Waals surface area contributed by atoms with E-state index in [1.807, 2.05) is 124 Å². The summed E-state index contributed by atoms with van der Waals surface area (Å²) in [6.45, 7) is 33.9. The molecule has 0 aliphatic carbocycles. The predicted octanol–water partition coefficient (Wildman–Crippen LogP) is 18.4. The number of anilines is 10. The van der Waals surface area contributed by atoms with Crippen molar-refractivity contribution < 1.29 is 26.0 Å². The van der Waals surface area contributed by atoms with Crippen LogP contribution in [0.4, 0.5) is 59.0 Å². The first-order valence-electron chi connectivity index (χ1n) is 46.0. The van der Waals surface area contributed by atoms with Gasteiger partial charge in [0.1, 0.15) is 44.7 Å². The normalized spacial score (nSPS) is 13.0. The number of nitrogens with zero attached hydrogens (tertiary/aromatic N) is 15. The Hall–Kier alpha value is -14.1. The number of nitrogen functional groups attached to an aromatic ring is 5. The molecule has 0 bridgehead atoms. The Kier molecular flexibility index (Phi) is 34.8. The molecule has 0 radical (unpaired) electrons. The van der Waals surface area contributed by atoms with Crippen molar-refractivity contribution in [1.29, 1.82) is 0 Å². The van der Waals surface area contributed by atoms with Gasteiger partial charge in [0, 0.05) is 123 Å². The van der Waals surface area contributed by atoms with Crippen LogP contribution in [0.3, 0.4) is 0 Å². The number of rotatable bonds is 30. The van der Waals surface area contributed by atoms with Gasteiger partial charge in [0.2, 0.25) is 29.7 Å². The lowest BCUT2D eigenvalue weighted by atomic mass is 9.85. The van der Waals surface area contributed by atoms with Crippen LogP contribution in [0.15, 0.2) is 196 Å². The maximum absolute atomic E-state index is 12.6. The van der Waals surface area contributed by atoms with Crippen LogP contribution in [0.1, 0.15) is 131 Å². The molecule has 1 fully saturated rings. The highest BCUT2D eigenvalue weighted by atomic mass is 35.5. The van der Waals surface area contributed by atoms with Crippen molar-refractivity contribution in [1.82, 2.24) is 78.9 Å². The summed E-state index contributed by atoms with van der Waals surface area (Å²) in [5, 5.41) is 20.5. The molecule has 1 aliphatic rings. The second kappa shape index (κ2) is 46.7. The lowest BCUT2D eigenvalue weighted by molar-refractivity contribution is -0.0722. The van der Waals surface area contributed by atoms with Crippen LogP contribution < -0.4 is 60.0 Å². The van der Waals surface area contributed by atoms with Crippen LogP contribution in [0.5, 0.6) is 0 Å². The van der Waals surface area contributed by atoms with E-state index in [-0.39, 0.29) is 56.9 Å². The Labute approximate surface area is 814 Å². The summed E-state index contributed by atoms with van der Waals surface area (Å²) < 4.78 is 66.9. The van der Waals surface area contributed by atoms with E-state index < -0.39 is 19.9 Å². The van der Waals surface area contributed by atoms with Crippen molar-refractivity contribution in [2.24, 2.45) is 20.0 Å². The fourth-order valence-corrected chi connectivity index (χ4v) is 19.2. The van der Waals surface area contributed by atoms with Crippen LogP contribution >= 0.6 is 11.6 Å². The van der Waals surface area contributed by atoms with E-state index in [4.69, 9.17) is 49.4 Å². The molecule has 16 rings (SSSR count). The summed E-state index contributed by atoms with van der Waals surface area (Å²) in [5.74, 6) is 4.99. The molecule has 2 atom stereocenters. The number of oxazole rings is 1. The fourth-order valence-electron chi connectivity index (χ4n) is 15.9. The van der Waals surface area contributed by atoms with Crippen molar-refractivity contribution >= 4 is 102 Å². The van der Waals surface area contributed by atoms with E-state index in [1.165, 1.54) is 55.4 Å². The van der Waals surface area contributed by atoms with Gasteiger partial charge in [-0.15, -0.1) is 0 Å². The molecule has 138 heavy (non-hydrogen) atoms. The summed E-state index contributed by atoms with van der Waals surface area (Å²) in [6.07, 6.45) is 7.53. The largest absolute Gasteiger partial charge is 0.424 e. The van der Waals surface area contributed by atoms with Crippen LogP contribution in [0.2, 0.25) is 5.15 Å². The molecule has 8 aromatic heterocycles. The monoisotopic (exact) mass is 1920 g/mol. The lowest BCUT2D eigenvalue weighted by Crippen LogP contribution is -2.34. The summed E-state index contributed by atoms with van der Waals surface area (Å²) in [4.78, 5) is 52.1. The summed E-state index contributed by atoms with van der Waals surface area (Å²) >= 11 is 6.10. The maximum atomic E-state index is 12.6.